The largest absolute Gasteiger partial charge is 0.495 e. The number of nitrogens with one attached hydrogen (secondary N) is 2. The number of hydrogen-bond donors (Lipinski definition) is 2. The van der Waals surface area contributed by atoms with Crippen molar-refractivity contribution in [3.63, 3.8) is 0 Å². The van der Waals surface area contributed by atoms with E-state index in [4.69, 9.17) is 4.74 Å². The number of rotatable bonds is 6. The molecule has 126 valence electrons. The molecule has 24 heavy (non-hydrogen) atoms. The highest BCUT2D eigenvalue weighted by Crippen LogP contribution is 2.24. The first-order valence-electron chi connectivity index (χ1n) is 7.44. The molecule has 0 radical (unpaired) electrons. The van der Waals surface area contributed by atoms with E-state index in [1.807, 2.05) is 43.3 Å². The predicted octanol–water partition coefficient (Wildman–Crippen LogP) is 3.06. The third-order valence-corrected chi connectivity index (χ3v) is 4.16. The van der Waals surface area contributed by atoms with E-state index >= 15 is 0 Å². The van der Waals surface area contributed by atoms with E-state index in [2.05, 4.69) is 26.6 Å². The van der Waals surface area contributed by atoms with Gasteiger partial charge in [-0.3, -0.25) is 9.59 Å². The Morgan fingerprint density at radius 1 is 1.12 bits per heavy atom. The lowest BCUT2D eigenvalue weighted by atomic mass is 10.1. The molecule has 0 fully saturated rings. The van der Waals surface area contributed by atoms with Gasteiger partial charge in [0.05, 0.1) is 25.8 Å². The van der Waals surface area contributed by atoms with Crippen molar-refractivity contribution in [1.82, 2.24) is 5.32 Å². The monoisotopic (exact) mass is 390 g/mol. The first kappa shape index (κ1) is 18.0. The highest BCUT2D eigenvalue weighted by atomic mass is 79.9. The van der Waals surface area contributed by atoms with Crippen LogP contribution in [-0.4, -0.2) is 25.5 Å². The summed E-state index contributed by atoms with van der Waals surface area (Å²) in [4.78, 5) is 24.0. The van der Waals surface area contributed by atoms with Crippen molar-refractivity contribution >= 4 is 33.4 Å². The maximum absolute atomic E-state index is 12.0. The normalized spacial score (nSPS) is 10.1. The third kappa shape index (κ3) is 5.09. The molecular weight excluding hydrogens is 372 g/mol. The summed E-state index contributed by atoms with van der Waals surface area (Å²) in [6, 6.07) is 13.0. The Labute approximate surface area is 149 Å². The molecule has 0 aliphatic heterocycles. The second kappa shape index (κ2) is 8.49. The standard InChI is InChI=1S/C18H19BrN2O3/c1-12-7-8-16(24-2)15(9-12)21-18(23)11-20-17(22)10-13-5-3-4-6-14(13)19/h3-9H,10-11H2,1-2H3,(H,20,22)(H,21,23). The number of amides is 2. The van der Waals surface area contributed by atoms with Gasteiger partial charge in [0, 0.05) is 4.47 Å². The molecule has 2 aromatic carbocycles. The molecule has 0 aliphatic carbocycles. The zero-order valence-electron chi connectivity index (χ0n) is 13.6. The molecular formula is C18H19BrN2O3. The summed E-state index contributed by atoms with van der Waals surface area (Å²) in [6.07, 6.45) is 0.211. The molecule has 2 aromatic rings. The van der Waals surface area contributed by atoms with E-state index in [-0.39, 0.29) is 24.8 Å². The Morgan fingerprint density at radius 3 is 2.58 bits per heavy atom. The molecule has 0 saturated heterocycles. The maximum atomic E-state index is 12.0. The lowest BCUT2D eigenvalue weighted by molar-refractivity contribution is -0.123. The zero-order chi connectivity index (χ0) is 17.5. The summed E-state index contributed by atoms with van der Waals surface area (Å²) in [6.45, 7) is 1.83. The quantitative estimate of drug-likeness (QED) is 0.796. The van der Waals surface area contributed by atoms with Crippen LogP contribution in [0.5, 0.6) is 5.75 Å². The second-order valence-electron chi connectivity index (χ2n) is 5.30. The Bertz CT molecular complexity index is 747. The molecule has 0 saturated carbocycles. The first-order chi connectivity index (χ1) is 11.5. The fraction of sp³-hybridized carbons (Fsp3) is 0.222. The van der Waals surface area contributed by atoms with Gasteiger partial charge in [0.1, 0.15) is 5.75 Å². The molecule has 6 heteroatoms. The van der Waals surface area contributed by atoms with Crippen LogP contribution in [0, 0.1) is 6.92 Å². The highest BCUT2D eigenvalue weighted by molar-refractivity contribution is 9.10. The van der Waals surface area contributed by atoms with Gasteiger partial charge in [-0.15, -0.1) is 0 Å². The van der Waals surface area contributed by atoms with Gasteiger partial charge in [-0.1, -0.05) is 40.2 Å². The molecule has 0 atom stereocenters. The third-order valence-electron chi connectivity index (χ3n) is 3.38. The van der Waals surface area contributed by atoms with Crippen LogP contribution in [0.15, 0.2) is 46.9 Å². The van der Waals surface area contributed by atoms with Crippen molar-refractivity contribution in [2.24, 2.45) is 0 Å². The van der Waals surface area contributed by atoms with Gasteiger partial charge in [0.15, 0.2) is 0 Å². The lowest BCUT2D eigenvalue weighted by Crippen LogP contribution is -2.33. The average Bonchev–Trinajstić information content (AvgIpc) is 2.55. The van der Waals surface area contributed by atoms with Crippen molar-refractivity contribution in [3.8, 4) is 5.75 Å². The van der Waals surface area contributed by atoms with Gasteiger partial charge in [-0.25, -0.2) is 0 Å². The van der Waals surface area contributed by atoms with Crippen LogP contribution in [0.3, 0.4) is 0 Å². The molecule has 2 rings (SSSR count). The summed E-state index contributed by atoms with van der Waals surface area (Å²) in [5.74, 6) is 0.0566. The van der Waals surface area contributed by atoms with Crippen LogP contribution >= 0.6 is 15.9 Å². The zero-order valence-corrected chi connectivity index (χ0v) is 15.1. The van der Waals surface area contributed by atoms with Crippen molar-refractivity contribution in [2.45, 2.75) is 13.3 Å². The van der Waals surface area contributed by atoms with E-state index in [0.29, 0.717) is 11.4 Å². The number of aryl methyl sites for hydroxylation is 1. The summed E-state index contributed by atoms with van der Waals surface area (Å²) >= 11 is 3.40. The predicted molar refractivity (Wildman–Crippen MR) is 97.2 cm³/mol. The topological polar surface area (TPSA) is 67.4 Å². The number of hydrogen-bond acceptors (Lipinski definition) is 3. The molecule has 5 nitrogen and oxygen atoms in total. The number of benzene rings is 2. The number of ether oxygens (including phenoxy) is 1. The van der Waals surface area contributed by atoms with Gasteiger partial charge in [0.2, 0.25) is 11.8 Å². The summed E-state index contributed by atoms with van der Waals surface area (Å²) in [7, 11) is 1.54. The minimum Gasteiger partial charge on any atom is -0.495 e. The second-order valence-corrected chi connectivity index (χ2v) is 6.15. The van der Waals surface area contributed by atoms with Crippen LogP contribution < -0.4 is 15.4 Å². The van der Waals surface area contributed by atoms with Crippen molar-refractivity contribution in [3.05, 3.63) is 58.1 Å². The first-order valence-corrected chi connectivity index (χ1v) is 8.23. The lowest BCUT2D eigenvalue weighted by Gasteiger charge is -2.11. The van der Waals surface area contributed by atoms with Crippen molar-refractivity contribution < 1.29 is 14.3 Å². The van der Waals surface area contributed by atoms with Crippen LogP contribution in [0.25, 0.3) is 0 Å². The Morgan fingerprint density at radius 2 is 1.88 bits per heavy atom. The minimum absolute atomic E-state index is 0.0968. The van der Waals surface area contributed by atoms with E-state index in [1.165, 1.54) is 0 Å². The van der Waals surface area contributed by atoms with Gasteiger partial charge < -0.3 is 15.4 Å². The van der Waals surface area contributed by atoms with E-state index in [9.17, 15) is 9.59 Å². The molecule has 2 amide bonds. The molecule has 0 unspecified atom stereocenters. The van der Waals surface area contributed by atoms with E-state index in [1.54, 1.807) is 13.2 Å². The van der Waals surface area contributed by atoms with Gasteiger partial charge >= 0.3 is 0 Å². The molecule has 2 N–H and O–H groups in total. The average molecular weight is 391 g/mol. The maximum Gasteiger partial charge on any atom is 0.243 e. The van der Waals surface area contributed by atoms with Gasteiger partial charge in [-0.2, -0.15) is 0 Å². The molecule has 0 aromatic heterocycles. The van der Waals surface area contributed by atoms with E-state index in [0.717, 1.165) is 15.6 Å². The van der Waals surface area contributed by atoms with Crippen LogP contribution in [-0.2, 0) is 16.0 Å². The smallest absolute Gasteiger partial charge is 0.243 e. The SMILES string of the molecule is COc1ccc(C)cc1NC(=O)CNC(=O)Cc1ccccc1Br. The molecule has 0 bridgehead atoms. The number of halogens is 1. The Balaban J connectivity index is 1.88. The summed E-state index contributed by atoms with van der Waals surface area (Å²) < 4.78 is 6.08. The fourth-order valence-corrected chi connectivity index (χ4v) is 2.59. The Kier molecular flexibility index (Phi) is 6.37. The highest BCUT2D eigenvalue weighted by Gasteiger charge is 2.11. The number of carbonyl (C=O) groups is 2. The van der Waals surface area contributed by atoms with Crippen molar-refractivity contribution in [2.75, 3.05) is 19.0 Å². The number of anilines is 1. The minimum atomic E-state index is -0.306. The van der Waals surface area contributed by atoms with Crippen LogP contribution in [0.2, 0.25) is 0 Å². The Hall–Kier alpha value is -2.34. The number of methoxy groups -OCH3 is 1. The molecule has 0 spiro atoms. The van der Waals surface area contributed by atoms with Gasteiger partial charge in [-0.05, 0) is 36.2 Å². The summed E-state index contributed by atoms with van der Waals surface area (Å²) in [5.41, 5.74) is 2.46. The molecule has 0 aliphatic rings. The van der Waals surface area contributed by atoms with Crippen LogP contribution in [0.1, 0.15) is 11.1 Å². The van der Waals surface area contributed by atoms with Gasteiger partial charge in [0.25, 0.3) is 0 Å². The van der Waals surface area contributed by atoms with E-state index < -0.39 is 0 Å². The summed E-state index contributed by atoms with van der Waals surface area (Å²) in [5, 5.41) is 5.36. The fourth-order valence-electron chi connectivity index (χ4n) is 2.17. The molecule has 0 heterocycles. The number of carbonyl (C=O) groups excluding carboxylic acids is 2. The van der Waals surface area contributed by atoms with Crippen molar-refractivity contribution in [1.29, 1.82) is 0 Å². The van der Waals surface area contributed by atoms with Crippen LogP contribution in [0.4, 0.5) is 5.69 Å².